The van der Waals surface area contributed by atoms with E-state index in [0.717, 1.165) is 33.8 Å². The van der Waals surface area contributed by atoms with Crippen LogP contribution in [0.4, 0.5) is 5.69 Å². The van der Waals surface area contributed by atoms with Gasteiger partial charge in [-0.2, -0.15) is 0 Å². The Hall–Kier alpha value is -4.05. The van der Waals surface area contributed by atoms with E-state index < -0.39 is 28.5 Å². The van der Waals surface area contributed by atoms with E-state index in [2.05, 4.69) is 5.32 Å². The van der Waals surface area contributed by atoms with Gasteiger partial charge in [-0.15, -0.1) is 0 Å². The maximum Gasteiger partial charge on any atom is 0.264 e. The topological polar surface area (TPSA) is 105 Å². The van der Waals surface area contributed by atoms with E-state index in [1.807, 2.05) is 64.1 Å². The molecule has 0 saturated heterocycles. The molecule has 0 aliphatic rings. The van der Waals surface area contributed by atoms with Crippen LogP contribution in [0.3, 0.4) is 0 Å². The summed E-state index contributed by atoms with van der Waals surface area (Å²) < 4.78 is 40.3. The van der Waals surface area contributed by atoms with Gasteiger partial charge in [0.1, 0.15) is 12.6 Å². The van der Waals surface area contributed by atoms with Crippen molar-refractivity contribution in [3.8, 4) is 11.5 Å². The fraction of sp³-hybridized carbons (Fsp3) is 0.394. The number of nitrogens with zero attached hydrogens (tertiary/aromatic N) is 2. The molecule has 10 heteroatoms. The lowest BCUT2D eigenvalue weighted by Crippen LogP contribution is -2.52. The summed E-state index contributed by atoms with van der Waals surface area (Å²) in [6.45, 7) is 7.76. The maximum atomic E-state index is 14.3. The minimum atomic E-state index is -4.27. The third-order valence-corrected chi connectivity index (χ3v) is 8.90. The van der Waals surface area contributed by atoms with Crippen LogP contribution in [0.5, 0.6) is 11.5 Å². The largest absolute Gasteiger partial charge is 0.493 e. The van der Waals surface area contributed by atoms with E-state index in [9.17, 15) is 18.0 Å². The van der Waals surface area contributed by atoms with Gasteiger partial charge in [-0.3, -0.25) is 13.9 Å². The molecular weight excluding hydrogens is 566 g/mol. The number of hydrogen-bond acceptors (Lipinski definition) is 6. The molecule has 0 fully saturated rings. The molecule has 1 atom stereocenters. The van der Waals surface area contributed by atoms with Crippen molar-refractivity contribution in [3.63, 3.8) is 0 Å². The van der Waals surface area contributed by atoms with Crippen molar-refractivity contribution in [2.24, 2.45) is 0 Å². The number of carbonyl (C=O) groups is 2. The summed E-state index contributed by atoms with van der Waals surface area (Å²) in [4.78, 5) is 29.0. The molecule has 232 valence electrons. The quantitative estimate of drug-likeness (QED) is 0.236. The molecule has 2 amide bonds. The van der Waals surface area contributed by atoms with Crippen LogP contribution in [-0.2, 0) is 26.2 Å². The number of anilines is 1. The molecular formula is C33H43N3O6S. The first-order valence-electron chi connectivity index (χ1n) is 14.5. The van der Waals surface area contributed by atoms with Gasteiger partial charge in [0.15, 0.2) is 11.5 Å². The van der Waals surface area contributed by atoms with Gasteiger partial charge in [0.05, 0.1) is 24.8 Å². The molecule has 9 nitrogen and oxygen atoms in total. The standard InChI is InChI=1S/C33H43N3O6S/c1-7-9-17-34-33(38)29(8-2)35(22-26-13-11-10-12-14-26)32(37)23-36(27-19-24(3)18-25(4)20-27)43(39,40)28-15-16-30(41-5)31(21-28)42-6/h10-16,18-21,29H,7-9,17,22-23H2,1-6H3,(H,34,38)/t29-/m1/s1. The average molecular weight is 610 g/mol. The van der Waals surface area contributed by atoms with Crippen molar-refractivity contribution >= 4 is 27.5 Å². The number of unbranched alkanes of at least 4 members (excludes halogenated alkanes) is 1. The zero-order valence-electron chi connectivity index (χ0n) is 25.9. The molecule has 0 spiro atoms. The molecule has 3 rings (SSSR count). The molecule has 0 heterocycles. The van der Waals surface area contributed by atoms with E-state index >= 15 is 0 Å². The number of nitrogens with one attached hydrogen (secondary N) is 1. The fourth-order valence-electron chi connectivity index (χ4n) is 4.93. The number of sulfonamides is 1. The van der Waals surface area contributed by atoms with E-state index in [1.54, 1.807) is 12.1 Å². The number of amides is 2. The summed E-state index contributed by atoms with van der Waals surface area (Å²) in [5.41, 5.74) is 2.87. The lowest BCUT2D eigenvalue weighted by molar-refractivity contribution is -0.140. The Balaban J connectivity index is 2.10. The minimum absolute atomic E-state index is 0.0592. The lowest BCUT2D eigenvalue weighted by Gasteiger charge is -2.33. The van der Waals surface area contributed by atoms with Gasteiger partial charge in [-0.25, -0.2) is 8.42 Å². The highest BCUT2D eigenvalue weighted by Gasteiger charge is 2.34. The van der Waals surface area contributed by atoms with Crippen LogP contribution < -0.4 is 19.1 Å². The number of benzene rings is 3. The number of methoxy groups -OCH3 is 2. The monoisotopic (exact) mass is 609 g/mol. The first kappa shape index (κ1) is 33.5. The third kappa shape index (κ3) is 8.50. The summed E-state index contributed by atoms with van der Waals surface area (Å²) >= 11 is 0. The normalized spacial score (nSPS) is 11.9. The summed E-state index contributed by atoms with van der Waals surface area (Å²) in [6, 6.07) is 18.3. The molecule has 0 radical (unpaired) electrons. The highest BCUT2D eigenvalue weighted by atomic mass is 32.2. The SMILES string of the molecule is CCCCNC(=O)[C@@H](CC)N(Cc1ccccc1)C(=O)CN(c1cc(C)cc(C)c1)S(=O)(=O)c1ccc(OC)c(OC)c1. The molecule has 1 N–H and O–H groups in total. The van der Waals surface area contributed by atoms with Gasteiger partial charge in [-0.1, -0.05) is 56.7 Å². The van der Waals surface area contributed by atoms with Crippen LogP contribution >= 0.6 is 0 Å². The Morgan fingerprint density at radius 3 is 2.12 bits per heavy atom. The molecule has 0 aromatic heterocycles. The summed E-state index contributed by atoms with van der Waals surface area (Å²) in [5.74, 6) is -0.134. The van der Waals surface area contributed by atoms with Crippen molar-refractivity contribution in [1.29, 1.82) is 0 Å². The number of aryl methyl sites for hydroxylation is 2. The van der Waals surface area contributed by atoms with Crippen LogP contribution in [0.15, 0.2) is 71.6 Å². The first-order chi connectivity index (χ1) is 20.5. The zero-order valence-corrected chi connectivity index (χ0v) is 26.7. The van der Waals surface area contributed by atoms with E-state index in [0.29, 0.717) is 24.4 Å². The van der Waals surface area contributed by atoms with Crippen LogP contribution in [0.1, 0.15) is 49.8 Å². The maximum absolute atomic E-state index is 14.3. The van der Waals surface area contributed by atoms with Gasteiger partial charge in [0.25, 0.3) is 10.0 Å². The molecule has 0 saturated carbocycles. The van der Waals surface area contributed by atoms with Crippen LogP contribution in [0, 0.1) is 13.8 Å². The Bertz CT molecular complexity index is 1470. The Labute approximate surface area is 255 Å². The first-order valence-corrected chi connectivity index (χ1v) is 15.9. The molecule has 0 aliphatic heterocycles. The smallest absolute Gasteiger partial charge is 0.264 e. The van der Waals surface area contributed by atoms with E-state index in [1.165, 1.54) is 37.3 Å². The second kappa shape index (κ2) is 15.4. The lowest BCUT2D eigenvalue weighted by atomic mass is 10.1. The highest BCUT2D eigenvalue weighted by Crippen LogP contribution is 2.33. The second-order valence-electron chi connectivity index (χ2n) is 10.5. The average Bonchev–Trinajstić information content (AvgIpc) is 2.99. The molecule has 3 aromatic rings. The van der Waals surface area contributed by atoms with Crippen molar-refractivity contribution in [2.75, 3.05) is 31.6 Å². The summed E-state index contributed by atoms with van der Waals surface area (Å²) in [6.07, 6.45) is 2.10. The van der Waals surface area contributed by atoms with Gasteiger partial charge >= 0.3 is 0 Å². The molecule has 0 unspecified atom stereocenters. The van der Waals surface area contributed by atoms with Crippen molar-refractivity contribution in [1.82, 2.24) is 10.2 Å². The van der Waals surface area contributed by atoms with Gasteiger partial charge in [0, 0.05) is 19.2 Å². The number of carbonyl (C=O) groups excluding carboxylic acids is 2. The Morgan fingerprint density at radius 2 is 1.53 bits per heavy atom. The molecule has 43 heavy (non-hydrogen) atoms. The van der Waals surface area contributed by atoms with Crippen molar-refractivity contribution in [3.05, 3.63) is 83.4 Å². The van der Waals surface area contributed by atoms with Gasteiger partial charge < -0.3 is 19.7 Å². The van der Waals surface area contributed by atoms with Gasteiger partial charge in [0.2, 0.25) is 11.8 Å². The van der Waals surface area contributed by atoms with Gasteiger partial charge in [-0.05, 0) is 67.6 Å². The van der Waals surface area contributed by atoms with E-state index in [-0.39, 0.29) is 23.1 Å². The van der Waals surface area contributed by atoms with E-state index in [4.69, 9.17) is 9.47 Å². The van der Waals surface area contributed by atoms with Crippen LogP contribution in [0.2, 0.25) is 0 Å². The number of rotatable bonds is 15. The molecule has 0 aliphatic carbocycles. The predicted octanol–water partition coefficient (Wildman–Crippen LogP) is 5.24. The minimum Gasteiger partial charge on any atom is -0.493 e. The fourth-order valence-corrected chi connectivity index (χ4v) is 6.35. The number of ether oxygens (including phenoxy) is 2. The van der Waals surface area contributed by atoms with Crippen LogP contribution in [0.25, 0.3) is 0 Å². The highest BCUT2D eigenvalue weighted by molar-refractivity contribution is 7.92. The summed E-state index contributed by atoms with van der Waals surface area (Å²) in [7, 11) is -1.37. The van der Waals surface area contributed by atoms with Crippen molar-refractivity contribution in [2.45, 2.75) is 64.4 Å². The molecule has 3 aromatic carbocycles. The summed E-state index contributed by atoms with van der Waals surface area (Å²) in [5, 5.41) is 2.94. The third-order valence-electron chi connectivity index (χ3n) is 7.13. The van der Waals surface area contributed by atoms with Crippen LogP contribution in [-0.4, -0.2) is 58.5 Å². The Kier molecular flexibility index (Phi) is 12.0. The second-order valence-corrected chi connectivity index (χ2v) is 12.3. The van der Waals surface area contributed by atoms with Crippen molar-refractivity contribution < 1.29 is 27.5 Å². The predicted molar refractivity (Wildman–Crippen MR) is 169 cm³/mol. The number of hydrogen-bond donors (Lipinski definition) is 1. The zero-order chi connectivity index (χ0) is 31.6. The molecule has 0 bridgehead atoms. The Morgan fingerprint density at radius 1 is 0.884 bits per heavy atom.